The largest absolute Gasteiger partial charge is 0.493 e. The molecule has 1 heterocycles. The molecule has 0 saturated carbocycles. The van der Waals surface area contributed by atoms with Crippen molar-refractivity contribution in [2.45, 2.75) is 13.0 Å². The van der Waals surface area contributed by atoms with Gasteiger partial charge >= 0.3 is 0 Å². The van der Waals surface area contributed by atoms with Gasteiger partial charge in [0.05, 0.1) is 19.9 Å². The molecule has 7 heteroatoms. The summed E-state index contributed by atoms with van der Waals surface area (Å²) in [5.74, 6) is 1.66. The predicted octanol–water partition coefficient (Wildman–Crippen LogP) is 4.23. The van der Waals surface area contributed by atoms with Crippen LogP contribution in [0.4, 0.5) is 5.13 Å². The van der Waals surface area contributed by atoms with Gasteiger partial charge in [-0.3, -0.25) is 10.1 Å². The molecule has 3 rings (SSSR count). The molecule has 0 saturated heterocycles. The lowest BCUT2D eigenvalue weighted by Crippen LogP contribution is -2.30. The van der Waals surface area contributed by atoms with Gasteiger partial charge in [-0.15, -0.1) is 11.3 Å². The number of methoxy groups -OCH3 is 2. The Hall–Kier alpha value is -3.06. The fourth-order valence-corrected chi connectivity index (χ4v) is 3.15. The maximum atomic E-state index is 12.3. The van der Waals surface area contributed by atoms with Crippen LogP contribution in [0.3, 0.4) is 0 Å². The van der Waals surface area contributed by atoms with Gasteiger partial charge in [-0.1, -0.05) is 18.2 Å². The number of para-hydroxylation sites is 1. The number of amides is 1. The number of rotatable bonds is 7. The molecule has 0 bridgehead atoms. The highest BCUT2D eigenvalue weighted by molar-refractivity contribution is 7.14. The number of hydrogen-bond donors (Lipinski definition) is 1. The van der Waals surface area contributed by atoms with Crippen LogP contribution in [-0.4, -0.2) is 31.2 Å². The van der Waals surface area contributed by atoms with E-state index in [2.05, 4.69) is 10.3 Å². The standard InChI is InChI=1S/C20H20N2O4S/c1-13(26-15-7-5-4-6-8-15)19(23)22-20-21-16(12-27-20)14-9-10-17(24-2)18(11-14)25-3/h4-13H,1-3H3,(H,21,22,23)/t13-/m0/s1. The summed E-state index contributed by atoms with van der Waals surface area (Å²) in [6, 6.07) is 14.8. The van der Waals surface area contributed by atoms with Gasteiger partial charge in [-0.25, -0.2) is 4.98 Å². The molecule has 1 aromatic heterocycles. The molecule has 1 amide bonds. The minimum Gasteiger partial charge on any atom is -0.493 e. The Morgan fingerprint density at radius 2 is 1.81 bits per heavy atom. The molecule has 0 fully saturated rings. The van der Waals surface area contributed by atoms with Crippen molar-refractivity contribution in [2.75, 3.05) is 19.5 Å². The van der Waals surface area contributed by atoms with E-state index in [1.54, 1.807) is 21.1 Å². The number of benzene rings is 2. The van der Waals surface area contributed by atoms with Crippen molar-refractivity contribution in [3.05, 3.63) is 53.9 Å². The number of nitrogens with zero attached hydrogens (tertiary/aromatic N) is 1. The fourth-order valence-electron chi connectivity index (χ4n) is 2.42. The molecule has 2 aromatic carbocycles. The SMILES string of the molecule is COc1ccc(-c2csc(NC(=O)[C@H](C)Oc3ccccc3)n2)cc1OC. The number of hydrogen-bond acceptors (Lipinski definition) is 6. The van der Waals surface area contributed by atoms with Crippen LogP contribution < -0.4 is 19.5 Å². The average Bonchev–Trinajstić information content (AvgIpc) is 3.16. The Kier molecular flexibility index (Phi) is 5.93. The van der Waals surface area contributed by atoms with E-state index in [1.807, 2.05) is 53.9 Å². The van der Waals surface area contributed by atoms with Crippen molar-refractivity contribution < 1.29 is 19.0 Å². The number of ether oxygens (including phenoxy) is 3. The van der Waals surface area contributed by atoms with Crippen molar-refractivity contribution >= 4 is 22.4 Å². The first-order valence-electron chi connectivity index (χ1n) is 8.31. The van der Waals surface area contributed by atoms with Crippen molar-refractivity contribution in [3.8, 4) is 28.5 Å². The van der Waals surface area contributed by atoms with Gasteiger partial charge in [-0.05, 0) is 37.3 Å². The van der Waals surface area contributed by atoms with E-state index >= 15 is 0 Å². The highest BCUT2D eigenvalue weighted by Gasteiger charge is 2.17. The smallest absolute Gasteiger partial charge is 0.266 e. The Balaban J connectivity index is 1.68. The van der Waals surface area contributed by atoms with E-state index < -0.39 is 6.10 Å². The zero-order chi connectivity index (χ0) is 19.2. The number of carbonyl (C=O) groups excluding carboxylic acids is 1. The third kappa shape index (κ3) is 4.57. The third-order valence-corrected chi connectivity index (χ3v) is 4.60. The molecule has 6 nitrogen and oxygen atoms in total. The van der Waals surface area contributed by atoms with Crippen molar-refractivity contribution in [3.63, 3.8) is 0 Å². The highest BCUT2D eigenvalue weighted by atomic mass is 32.1. The van der Waals surface area contributed by atoms with Gasteiger partial charge < -0.3 is 14.2 Å². The Morgan fingerprint density at radius 3 is 2.52 bits per heavy atom. The summed E-state index contributed by atoms with van der Waals surface area (Å²) in [7, 11) is 3.18. The molecule has 1 atom stereocenters. The number of aromatic nitrogens is 1. The summed E-state index contributed by atoms with van der Waals surface area (Å²) in [5, 5.41) is 5.17. The summed E-state index contributed by atoms with van der Waals surface area (Å²) >= 11 is 1.35. The summed E-state index contributed by atoms with van der Waals surface area (Å²) in [6.07, 6.45) is -0.638. The van der Waals surface area contributed by atoms with Gasteiger partial charge in [-0.2, -0.15) is 0 Å². The minimum atomic E-state index is -0.638. The van der Waals surface area contributed by atoms with E-state index in [9.17, 15) is 4.79 Å². The molecular weight excluding hydrogens is 364 g/mol. The molecule has 0 aliphatic carbocycles. The lowest BCUT2D eigenvalue weighted by atomic mass is 10.1. The van der Waals surface area contributed by atoms with Crippen LogP contribution >= 0.6 is 11.3 Å². The molecule has 0 aliphatic heterocycles. The zero-order valence-corrected chi connectivity index (χ0v) is 16.1. The van der Waals surface area contributed by atoms with Crippen LogP contribution in [0.5, 0.6) is 17.2 Å². The first-order valence-corrected chi connectivity index (χ1v) is 9.19. The Morgan fingerprint density at radius 1 is 1.07 bits per heavy atom. The molecular formula is C20H20N2O4S. The molecule has 27 heavy (non-hydrogen) atoms. The number of nitrogens with one attached hydrogen (secondary N) is 1. The van der Waals surface area contributed by atoms with Gasteiger partial charge in [0.1, 0.15) is 5.75 Å². The van der Waals surface area contributed by atoms with Crippen molar-refractivity contribution in [2.24, 2.45) is 0 Å². The van der Waals surface area contributed by atoms with Crippen LogP contribution in [0.2, 0.25) is 0 Å². The molecule has 140 valence electrons. The summed E-state index contributed by atoms with van der Waals surface area (Å²) < 4.78 is 16.2. The number of anilines is 1. The second-order valence-corrected chi connectivity index (χ2v) is 6.53. The fraction of sp³-hybridized carbons (Fsp3) is 0.200. The summed E-state index contributed by atoms with van der Waals surface area (Å²) in [6.45, 7) is 1.70. The summed E-state index contributed by atoms with van der Waals surface area (Å²) in [5.41, 5.74) is 1.62. The minimum absolute atomic E-state index is 0.257. The van der Waals surface area contributed by atoms with Gasteiger partial charge in [0, 0.05) is 10.9 Å². The predicted molar refractivity (Wildman–Crippen MR) is 106 cm³/mol. The number of thiazole rings is 1. The molecule has 0 unspecified atom stereocenters. The summed E-state index contributed by atoms with van der Waals surface area (Å²) in [4.78, 5) is 16.8. The first kappa shape index (κ1) is 18.7. The first-order chi connectivity index (χ1) is 13.1. The molecule has 0 aliphatic rings. The molecule has 1 N–H and O–H groups in total. The zero-order valence-electron chi connectivity index (χ0n) is 15.3. The van der Waals surface area contributed by atoms with E-state index in [0.717, 1.165) is 11.3 Å². The molecule has 3 aromatic rings. The topological polar surface area (TPSA) is 69.7 Å². The Labute approximate surface area is 161 Å². The van der Waals surface area contributed by atoms with Crippen LogP contribution in [0, 0.1) is 0 Å². The van der Waals surface area contributed by atoms with Crippen molar-refractivity contribution in [1.29, 1.82) is 0 Å². The van der Waals surface area contributed by atoms with Gasteiger partial charge in [0.25, 0.3) is 5.91 Å². The van der Waals surface area contributed by atoms with Crippen molar-refractivity contribution in [1.82, 2.24) is 4.98 Å². The van der Waals surface area contributed by atoms with E-state index in [0.29, 0.717) is 22.4 Å². The maximum absolute atomic E-state index is 12.3. The van der Waals surface area contributed by atoms with Crippen LogP contribution in [0.15, 0.2) is 53.9 Å². The van der Waals surface area contributed by atoms with Crippen LogP contribution in [-0.2, 0) is 4.79 Å². The highest BCUT2D eigenvalue weighted by Crippen LogP contribution is 2.33. The monoisotopic (exact) mass is 384 g/mol. The van der Waals surface area contributed by atoms with Crippen LogP contribution in [0.25, 0.3) is 11.3 Å². The lowest BCUT2D eigenvalue weighted by Gasteiger charge is -2.13. The van der Waals surface area contributed by atoms with Gasteiger partial charge in [0.2, 0.25) is 0 Å². The van der Waals surface area contributed by atoms with E-state index in [-0.39, 0.29) is 5.91 Å². The molecule has 0 radical (unpaired) electrons. The molecule has 0 spiro atoms. The second kappa shape index (κ2) is 8.55. The second-order valence-electron chi connectivity index (χ2n) is 5.67. The normalized spacial score (nSPS) is 11.5. The lowest BCUT2D eigenvalue weighted by molar-refractivity contribution is -0.122. The van der Waals surface area contributed by atoms with E-state index in [4.69, 9.17) is 14.2 Å². The third-order valence-electron chi connectivity index (χ3n) is 3.84. The van der Waals surface area contributed by atoms with E-state index in [1.165, 1.54) is 11.3 Å². The maximum Gasteiger partial charge on any atom is 0.266 e. The van der Waals surface area contributed by atoms with Crippen LogP contribution in [0.1, 0.15) is 6.92 Å². The Bertz CT molecular complexity index is 911. The quantitative estimate of drug-likeness (QED) is 0.660. The average molecular weight is 384 g/mol. The van der Waals surface area contributed by atoms with Gasteiger partial charge in [0.15, 0.2) is 22.7 Å². The number of carbonyl (C=O) groups is 1.